The van der Waals surface area contributed by atoms with Crippen LogP contribution in [0.15, 0.2) is 40.9 Å². The van der Waals surface area contributed by atoms with Crippen molar-refractivity contribution in [3.8, 4) is 17.2 Å². The first-order valence-electron chi connectivity index (χ1n) is 5.90. The molecule has 0 saturated carbocycles. The molecule has 0 atom stereocenters. The summed E-state index contributed by atoms with van der Waals surface area (Å²) in [5.41, 5.74) is 0.891. The molecule has 0 heterocycles. The van der Waals surface area contributed by atoms with Crippen LogP contribution in [0.25, 0.3) is 0 Å². The number of nitro groups is 1. The molecule has 0 amide bonds. The summed E-state index contributed by atoms with van der Waals surface area (Å²) in [6.45, 7) is 0. The summed E-state index contributed by atoms with van der Waals surface area (Å²) in [6, 6.07) is 9.63. The minimum absolute atomic E-state index is 0.0595. The molecule has 0 unspecified atom stereocenters. The zero-order chi connectivity index (χ0) is 15.4. The first-order chi connectivity index (χ1) is 10.0. The fraction of sp³-hybridized carbons (Fsp3) is 0.143. The maximum Gasteiger partial charge on any atom is 0.273 e. The molecule has 0 radical (unpaired) electrons. The maximum atomic E-state index is 10.8. The number of methoxy groups -OCH3 is 1. The second-order valence-corrected chi connectivity index (χ2v) is 5.21. The molecule has 7 heteroatoms. The predicted molar refractivity (Wildman–Crippen MR) is 83.4 cm³/mol. The molecule has 0 bridgehead atoms. The number of rotatable bonds is 5. The summed E-state index contributed by atoms with van der Waals surface area (Å²) >= 11 is 9.16. The molecule has 0 aliphatic heterocycles. The molecule has 0 aliphatic rings. The van der Waals surface area contributed by atoms with E-state index in [4.69, 9.17) is 21.1 Å². The molecule has 0 aliphatic carbocycles. The number of halogens is 2. The molecule has 2 aromatic rings. The van der Waals surface area contributed by atoms with Gasteiger partial charge < -0.3 is 9.47 Å². The van der Waals surface area contributed by atoms with Crippen molar-refractivity contribution in [2.75, 3.05) is 7.11 Å². The Balaban J connectivity index is 2.33. The SMILES string of the molecule is COc1cc([N+](=O)[O-])ccc1Oc1ccc(CCl)cc1Br. The van der Waals surface area contributed by atoms with Gasteiger partial charge in [0.05, 0.1) is 22.6 Å². The van der Waals surface area contributed by atoms with Crippen LogP contribution in [0.3, 0.4) is 0 Å². The van der Waals surface area contributed by atoms with Crippen molar-refractivity contribution < 1.29 is 14.4 Å². The highest BCUT2D eigenvalue weighted by molar-refractivity contribution is 9.10. The van der Waals surface area contributed by atoms with Gasteiger partial charge >= 0.3 is 0 Å². The fourth-order valence-electron chi connectivity index (χ4n) is 1.68. The Labute approximate surface area is 134 Å². The lowest BCUT2D eigenvalue weighted by molar-refractivity contribution is -0.384. The lowest BCUT2D eigenvalue weighted by Crippen LogP contribution is -1.94. The van der Waals surface area contributed by atoms with Gasteiger partial charge in [-0.3, -0.25) is 10.1 Å². The Morgan fingerprint density at radius 3 is 2.48 bits per heavy atom. The van der Waals surface area contributed by atoms with Gasteiger partial charge in [-0.2, -0.15) is 0 Å². The van der Waals surface area contributed by atoms with Crippen LogP contribution in [0.4, 0.5) is 5.69 Å². The van der Waals surface area contributed by atoms with Gasteiger partial charge in [0.2, 0.25) is 0 Å². The molecule has 21 heavy (non-hydrogen) atoms. The second-order valence-electron chi connectivity index (χ2n) is 4.09. The summed E-state index contributed by atoms with van der Waals surface area (Å²) in [4.78, 5) is 10.3. The summed E-state index contributed by atoms with van der Waals surface area (Å²) < 4.78 is 11.6. The Morgan fingerprint density at radius 1 is 1.19 bits per heavy atom. The van der Waals surface area contributed by atoms with Gasteiger partial charge in [0, 0.05) is 11.9 Å². The van der Waals surface area contributed by atoms with Gasteiger partial charge in [0.25, 0.3) is 5.69 Å². The van der Waals surface area contributed by atoms with Crippen LogP contribution in [0.2, 0.25) is 0 Å². The average Bonchev–Trinajstić information content (AvgIpc) is 2.49. The second kappa shape index (κ2) is 6.78. The molecular weight excluding hydrogens is 362 g/mol. The van der Waals surface area contributed by atoms with Crippen LogP contribution >= 0.6 is 27.5 Å². The van der Waals surface area contributed by atoms with Crippen molar-refractivity contribution in [3.05, 3.63) is 56.5 Å². The number of non-ortho nitro benzene ring substituents is 1. The first kappa shape index (κ1) is 15.6. The van der Waals surface area contributed by atoms with E-state index in [2.05, 4.69) is 15.9 Å². The highest BCUT2D eigenvalue weighted by Gasteiger charge is 2.14. The Bertz CT molecular complexity index is 678. The van der Waals surface area contributed by atoms with Gasteiger partial charge in [-0.05, 0) is 39.7 Å². The van der Waals surface area contributed by atoms with Crippen molar-refractivity contribution >= 4 is 33.2 Å². The van der Waals surface area contributed by atoms with Crippen LogP contribution < -0.4 is 9.47 Å². The minimum Gasteiger partial charge on any atom is -0.493 e. The van der Waals surface area contributed by atoms with E-state index in [1.807, 2.05) is 12.1 Å². The lowest BCUT2D eigenvalue weighted by Gasteiger charge is -2.11. The van der Waals surface area contributed by atoms with Crippen molar-refractivity contribution in [1.82, 2.24) is 0 Å². The highest BCUT2D eigenvalue weighted by atomic mass is 79.9. The molecule has 0 spiro atoms. The van der Waals surface area contributed by atoms with Crippen molar-refractivity contribution in [1.29, 1.82) is 0 Å². The van der Waals surface area contributed by atoms with Crippen molar-refractivity contribution in [3.63, 3.8) is 0 Å². The molecule has 0 N–H and O–H groups in total. The molecule has 5 nitrogen and oxygen atoms in total. The van der Waals surface area contributed by atoms with E-state index in [9.17, 15) is 10.1 Å². The molecule has 2 aromatic carbocycles. The van der Waals surface area contributed by atoms with Gasteiger partial charge in [0.1, 0.15) is 5.75 Å². The van der Waals surface area contributed by atoms with E-state index in [0.717, 1.165) is 10.0 Å². The summed E-state index contributed by atoms with van der Waals surface area (Å²) in [5, 5.41) is 10.8. The Kier molecular flexibility index (Phi) is 5.03. The van der Waals surface area contributed by atoms with E-state index in [1.165, 1.54) is 25.3 Å². The topological polar surface area (TPSA) is 61.6 Å². The van der Waals surface area contributed by atoms with E-state index < -0.39 is 4.92 Å². The van der Waals surface area contributed by atoms with Crippen molar-refractivity contribution in [2.24, 2.45) is 0 Å². The molecule has 0 fully saturated rings. The standard InChI is InChI=1S/C14H11BrClNO4/c1-20-14-7-10(17(18)19)3-5-13(14)21-12-4-2-9(8-16)6-11(12)15/h2-7H,8H2,1H3. The number of hydrogen-bond acceptors (Lipinski definition) is 4. The lowest BCUT2D eigenvalue weighted by atomic mass is 10.2. The molecule has 0 saturated heterocycles. The first-order valence-corrected chi connectivity index (χ1v) is 7.22. The monoisotopic (exact) mass is 371 g/mol. The van der Waals surface area contributed by atoms with Gasteiger partial charge in [-0.15, -0.1) is 11.6 Å². The Morgan fingerprint density at radius 2 is 1.90 bits per heavy atom. The van der Waals surface area contributed by atoms with Crippen LogP contribution in [-0.2, 0) is 5.88 Å². The fourth-order valence-corrected chi connectivity index (χ4v) is 2.36. The maximum absolute atomic E-state index is 10.8. The number of benzene rings is 2. The van der Waals surface area contributed by atoms with Crippen LogP contribution in [-0.4, -0.2) is 12.0 Å². The number of nitrogens with zero attached hydrogens (tertiary/aromatic N) is 1. The number of nitro benzene ring substituents is 1. The summed E-state index contributed by atoms with van der Waals surface area (Å²) in [7, 11) is 1.43. The third-order valence-electron chi connectivity index (χ3n) is 2.73. The smallest absolute Gasteiger partial charge is 0.273 e. The molecule has 2 rings (SSSR count). The number of alkyl halides is 1. The van der Waals surface area contributed by atoms with E-state index >= 15 is 0 Å². The molecule has 0 aromatic heterocycles. The van der Waals surface area contributed by atoms with Gasteiger partial charge in [-0.1, -0.05) is 6.07 Å². The number of hydrogen-bond donors (Lipinski definition) is 0. The van der Waals surface area contributed by atoms with Crippen LogP contribution in [0.1, 0.15) is 5.56 Å². The third kappa shape index (κ3) is 3.65. The zero-order valence-corrected chi connectivity index (χ0v) is 13.3. The van der Waals surface area contributed by atoms with Gasteiger partial charge in [0.15, 0.2) is 11.5 Å². The highest BCUT2D eigenvalue weighted by Crippen LogP contribution is 2.37. The molecular formula is C14H11BrClNO4. The van der Waals surface area contributed by atoms with Gasteiger partial charge in [-0.25, -0.2) is 0 Å². The van der Waals surface area contributed by atoms with Crippen LogP contribution in [0.5, 0.6) is 17.2 Å². The quantitative estimate of drug-likeness (QED) is 0.425. The predicted octanol–water partition coefficient (Wildman–Crippen LogP) is 4.90. The summed E-state index contributed by atoms with van der Waals surface area (Å²) in [6.07, 6.45) is 0. The third-order valence-corrected chi connectivity index (χ3v) is 3.66. The van der Waals surface area contributed by atoms with E-state index in [1.54, 1.807) is 6.07 Å². The number of ether oxygens (including phenoxy) is 2. The normalized spacial score (nSPS) is 10.2. The average molecular weight is 373 g/mol. The van der Waals surface area contributed by atoms with Crippen LogP contribution in [0, 0.1) is 10.1 Å². The molecule has 110 valence electrons. The Hall–Kier alpha value is -1.79. The van der Waals surface area contributed by atoms with E-state index in [0.29, 0.717) is 17.4 Å². The van der Waals surface area contributed by atoms with E-state index in [-0.39, 0.29) is 11.4 Å². The largest absolute Gasteiger partial charge is 0.493 e. The minimum atomic E-state index is -0.489. The van der Waals surface area contributed by atoms with Crippen molar-refractivity contribution in [2.45, 2.75) is 5.88 Å². The zero-order valence-electron chi connectivity index (χ0n) is 11.0. The summed E-state index contributed by atoms with van der Waals surface area (Å²) in [5.74, 6) is 1.65.